The molecule has 0 heterocycles. The molecule has 0 radical (unpaired) electrons. The summed E-state index contributed by atoms with van der Waals surface area (Å²) in [6.45, 7) is 4.57. The molecule has 58 valence electrons. The summed E-state index contributed by atoms with van der Waals surface area (Å²) in [6.07, 6.45) is 9.30. The van der Waals surface area contributed by atoms with Gasteiger partial charge in [-0.3, -0.25) is 0 Å². The van der Waals surface area contributed by atoms with E-state index in [9.17, 15) is 0 Å². The minimum Gasteiger partial charge on any atom is -0.0850 e. The van der Waals surface area contributed by atoms with E-state index in [1.54, 1.807) is 5.57 Å². The molecule has 0 aromatic heterocycles. The average molecular weight is 138 g/mol. The van der Waals surface area contributed by atoms with Crippen LogP contribution in [0.5, 0.6) is 0 Å². The van der Waals surface area contributed by atoms with Gasteiger partial charge in [-0.05, 0) is 25.2 Å². The molecule has 0 N–H and O–H groups in total. The molecule has 0 aliphatic heterocycles. The van der Waals surface area contributed by atoms with Crippen LogP contribution in [0.3, 0.4) is 0 Å². The highest BCUT2D eigenvalue weighted by molar-refractivity contribution is 5.21. The SMILES string of the molecule is CCCCCC=C1CC1C. The maximum Gasteiger partial charge on any atom is -0.0194 e. The maximum atomic E-state index is 2.44. The molecule has 0 saturated heterocycles. The van der Waals surface area contributed by atoms with Crippen molar-refractivity contribution in [1.82, 2.24) is 0 Å². The van der Waals surface area contributed by atoms with Gasteiger partial charge in [0.1, 0.15) is 0 Å². The number of rotatable bonds is 4. The highest BCUT2D eigenvalue weighted by Crippen LogP contribution is 2.37. The zero-order chi connectivity index (χ0) is 7.40. The van der Waals surface area contributed by atoms with Crippen LogP contribution in [0.2, 0.25) is 0 Å². The van der Waals surface area contributed by atoms with Gasteiger partial charge in [0, 0.05) is 0 Å². The van der Waals surface area contributed by atoms with E-state index >= 15 is 0 Å². The Labute approximate surface area is 64.3 Å². The summed E-state index contributed by atoms with van der Waals surface area (Å²) in [5.74, 6) is 0.932. The summed E-state index contributed by atoms with van der Waals surface area (Å²) in [7, 11) is 0. The molecular weight excluding hydrogens is 120 g/mol. The summed E-state index contributed by atoms with van der Waals surface area (Å²) in [5, 5.41) is 0. The van der Waals surface area contributed by atoms with Crippen molar-refractivity contribution >= 4 is 0 Å². The van der Waals surface area contributed by atoms with Gasteiger partial charge in [-0.2, -0.15) is 0 Å². The van der Waals surface area contributed by atoms with Crippen LogP contribution in [0.25, 0.3) is 0 Å². The van der Waals surface area contributed by atoms with Crippen molar-refractivity contribution in [1.29, 1.82) is 0 Å². The van der Waals surface area contributed by atoms with E-state index < -0.39 is 0 Å². The van der Waals surface area contributed by atoms with Crippen LogP contribution in [-0.4, -0.2) is 0 Å². The molecule has 0 spiro atoms. The first kappa shape index (κ1) is 7.84. The third-order valence-corrected chi connectivity index (χ3v) is 2.23. The second kappa shape index (κ2) is 3.80. The Bertz CT molecular complexity index is 122. The fourth-order valence-corrected chi connectivity index (χ4v) is 1.26. The van der Waals surface area contributed by atoms with Crippen molar-refractivity contribution in [2.24, 2.45) is 5.92 Å². The molecule has 1 aliphatic rings. The van der Waals surface area contributed by atoms with Gasteiger partial charge in [-0.25, -0.2) is 0 Å². The summed E-state index contributed by atoms with van der Waals surface area (Å²) in [6, 6.07) is 0. The highest BCUT2D eigenvalue weighted by Gasteiger charge is 2.22. The first-order valence-electron chi connectivity index (χ1n) is 4.53. The Balaban J connectivity index is 1.95. The first-order chi connectivity index (χ1) is 4.84. The normalized spacial score (nSPS) is 27.4. The zero-order valence-electron chi connectivity index (χ0n) is 7.19. The van der Waals surface area contributed by atoms with E-state index in [2.05, 4.69) is 19.9 Å². The van der Waals surface area contributed by atoms with Crippen molar-refractivity contribution in [2.75, 3.05) is 0 Å². The monoisotopic (exact) mass is 138 g/mol. The van der Waals surface area contributed by atoms with E-state index in [1.165, 1.54) is 32.1 Å². The lowest BCUT2D eigenvalue weighted by Gasteiger charge is -1.89. The van der Waals surface area contributed by atoms with Crippen LogP contribution >= 0.6 is 0 Å². The molecule has 1 atom stereocenters. The molecular formula is C10H18. The topological polar surface area (TPSA) is 0 Å². The third-order valence-electron chi connectivity index (χ3n) is 2.23. The largest absolute Gasteiger partial charge is 0.0850 e. The Morgan fingerprint density at radius 2 is 2.20 bits per heavy atom. The summed E-state index contributed by atoms with van der Waals surface area (Å²) >= 11 is 0. The van der Waals surface area contributed by atoms with Crippen molar-refractivity contribution in [2.45, 2.75) is 46.0 Å². The first-order valence-corrected chi connectivity index (χ1v) is 4.53. The van der Waals surface area contributed by atoms with Gasteiger partial charge in [0.25, 0.3) is 0 Å². The van der Waals surface area contributed by atoms with Crippen molar-refractivity contribution in [3.05, 3.63) is 11.6 Å². The Morgan fingerprint density at radius 1 is 1.50 bits per heavy atom. The Hall–Kier alpha value is -0.260. The summed E-state index contributed by atoms with van der Waals surface area (Å²) in [5.41, 5.74) is 1.70. The maximum absolute atomic E-state index is 2.44. The molecule has 0 amide bonds. The molecule has 1 saturated carbocycles. The molecule has 0 aromatic carbocycles. The van der Waals surface area contributed by atoms with E-state index in [0.29, 0.717) is 0 Å². The summed E-state index contributed by atoms with van der Waals surface area (Å²) in [4.78, 5) is 0. The minimum absolute atomic E-state index is 0.932. The molecule has 10 heavy (non-hydrogen) atoms. The van der Waals surface area contributed by atoms with Gasteiger partial charge >= 0.3 is 0 Å². The molecule has 0 nitrogen and oxygen atoms in total. The summed E-state index contributed by atoms with van der Waals surface area (Å²) < 4.78 is 0. The predicted molar refractivity (Wildman–Crippen MR) is 46.0 cm³/mol. The van der Waals surface area contributed by atoms with Crippen molar-refractivity contribution < 1.29 is 0 Å². The van der Waals surface area contributed by atoms with E-state index in [1.807, 2.05) is 0 Å². The fraction of sp³-hybridized carbons (Fsp3) is 0.800. The number of hydrogen-bond donors (Lipinski definition) is 0. The second-order valence-electron chi connectivity index (χ2n) is 3.38. The third kappa shape index (κ3) is 2.55. The molecule has 1 rings (SSSR count). The molecule has 1 unspecified atom stereocenters. The zero-order valence-corrected chi connectivity index (χ0v) is 7.19. The van der Waals surface area contributed by atoms with Gasteiger partial charge in [0.05, 0.1) is 0 Å². The van der Waals surface area contributed by atoms with Gasteiger partial charge < -0.3 is 0 Å². The van der Waals surface area contributed by atoms with Gasteiger partial charge in [-0.1, -0.05) is 38.3 Å². The van der Waals surface area contributed by atoms with Crippen LogP contribution in [0.15, 0.2) is 11.6 Å². The van der Waals surface area contributed by atoms with Gasteiger partial charge in [0.2, 0.25) is 0 Å². The lowest BCUT2D eigenvalue weighted by Crippen LogP contribution is -1.70. The van der Waals surface area contributed by atoms with Gasteiger partial charge in [-0.15, -0.1) is 0 Å². The standard InChI is InChI=1S/C10H18/c1-3-4-5-6-7-10-8-9(10)2/h7,9H,3-6,8H2,1-2H3. The van der Waals surface area contributed by atoms with E-state index in [0.717, 1.165) is 5.92 Å². The van der Waals surface area contributed by atoms with Crippen LogP contribution in [0, 0.1) is 5.92 Å². The van der Waals surface area contributed by atoms with E-state index in [-0.39, 0.29) is 0 Å². The quantitative estimate of drug-likeness (QED) is 0.412. The molecule has 0 bridgehead atoms. The molecule has 1 aliphatic carbocycles. The average Bonchev–Trinajstić information content (AvgIpc) is 2.60. The number of unbranched alkanes of at least 4 members (excludes halogenated alkanes) is 3. The van der Waals surface area contributed by atoms with Crippen LogP contribution in [0.4, 0.5) is 0 Å². The number of hydrogen-bond acceptors (Lipinski definition) is 0. The van der Waals surface area contributed by atoms with Crippen LogP contribution in [0.1, 0.15) is 46.0 Å². The Kier molecular flexibility index (Phi) is 2.98. The van der Waals surface area contributed by atoms with Crippen molar-refractivity contribution in [3.63, 3.8) is 0 Å². The van der Waals surface area contributed by atoms with Crippen molar-refractivity contribution in [3.8, 4) is 0 Å². The molecule has 1 fully saturated rings. The van der Waals surface area contributed by atoms with E-state index in [4.69, 9.17) is 0 Å². The highest BCUT2D eigenvalue weighted by atomic mass is 14.3. The minimum atomic E-state index is 0.932. The predicted octanol–water partition coefficient (Wildman–Crippen LogP) is 3.53. The fourth-order valence-electron chi connectivity index (χ4n) is 1.26. The smallest absolute Gasteiger partial charge is 0.0194 e. The molecule has 0 aromatic rings. The lowest BCUT2D eigenvalue weighted by molar-refractivity contribution is 0.728. The second-order valence-corrected chi connectivity index (χ2v) is 3.38. The van der Waals surface area contributed by atoms with Crippen LogP contribution < -0.4 is 0 Å². The molecule has 0 heteroatoms. The van der Waals surface area contributed by atoms with Crippen LogP contribution in [-0.2, 0) is 0 Å². The lowest BCUT2D eigenvalue weighted by atomic mass is 10.2. The Morgan fingerprint density at radius 3 is 2.70 bits per heavy atom. The number of allylic oxidation sites excluding steroid dienone is 2. The van der Waals surface area contributed by atoms with Gasteiger partial charge in [0.15, 0.2) is 0 Å².